The van der Waals surface area contributed by atoms with Crippen LogP contribution in [0.1, 0.15) is 54.1 Å². The third kappa shape index (κ3) is 4.87. The molecule has 7 nitrogen and oxygen atoms in total. The molecule has 2 fully saturated rings. The summed E-state index contributed by atoms with van der Waals surface area (Å²) in [7, 11) is 0. The summed E-state index contributed by atoms with van der Waals surface area (Å²) in [5.41, 5.74) is -0.672. The van der Waals surface area contributed by atoms with Crippen LogP contribution in [0.15, 0.2) is 42.7 Å². The molecule has 2 saturated carbocycles. The fourth-order valence-corrected chi connectivity index (χ4v) is 4.86. The molecule has 1 heterocycles. The predicted molar refractivity (Wildman–Crippen MR) is 125 cm³/mol. The number of hydrogen-bond donors (Lipinski definition) is 2. The maximum atomic E-state index is 14.7. The highest BCUT2D eigenvalue weighted by molar-refractivity contribution is 6.34. The molecule has 37 heavy (non-hydrogen) atoms. The quantitative estimate of drug-likeness (QED) is 0.343. The molecule has 2 N–H and O–H groups in total. The van der Waals surface area contributed by atoms with E-state index in [9.17, 15) is 32.3 Å². The summed E-state index contributed by atoms with van der Waals surface area (Å²) in [5.74, 6) is -3.65. The van der Waals surface area contributed by atoms with Crippen molar-refractivity contribution < 1.29 is 37.0 Å². The smallest absolute Gasteiger partial charge is 0.478 e. The van der Waals surface area contributed by atoms with Gasteiger partial charge in [-0.05, 0) is 50.3 Å². The summed E-state index contributed by atoms with van der Waals surface area (Å²) in [6.07, 6.45) is 1.90. The Labute approximate surface area is 213 Å². The monoisotopic (exact) mass is 537 g/mol. The van der Waals surface area contributed by atoms with Crippen molar-refractivity contribution >= 4 is 29.2 Å². The number of ether oxygens (including phenoxy) is 1. The summed E-state index contributed by atoms with van der Waals surface area (Å²) in [6.45, 7) is 0. The molecule has 2 aliphatic rings. The number of rotatable bonds is 7. The molecule has 0 saturated heterocycles. The van der Waals surface area contributed by atoms with Crippen LogP contribution in [0.25, 0.3) is 11.1 Å². The number of nitrogens with zero attached hydrogens (tertiary/aromatic N) is 2. The number of alkyl halides is 3. The van der Waals surface area contributed by atoms with Crippen LogP contribution in [0.2, 0.25) is 5.02 Å². The first-order chi connectivity index (χ1) is 17.5. The number of carbonyl (C=O) groups excluding carboxylic acids is 1. The molecule has 0 radical (unpaired) electrons. The van der Waals surface area contributed by atoms with Gasteiger partial charge < -0.3 is 15.2 Å². The van der Waals surface area contributed by atoms with Crippen LogP contribution < -0.4 is 10.1 Å². The Kier molecular flexibility index (Phi) is 6.13. The van der Waals surface area contributed by atoms with Gasteiger partial charge in [0.2, 0.25) is 5.91 Å². The number of hydrogen-bond acceptors (Lipinski definition) is 4. The number of carboxylic acid groups (broad SMARTS) is 1. The van der Waals surface area contributed by atoms with E-state index in [0.29, 0.717) is 11.6 Å². The highest BCUT2D eigenvalue weighted by atomic mass is 35.5. The lowest BCUT2D eigenvalue weighted by Crippen LogP contribution is -2.29. The molecule has 0 unspecified atom stereocenters. The first-order valence-electron chi connectivity index (χ1n) is 11.5. The average Bonchev–Trinajstić information content (AvgIpc) is 3.43. The van der Waals surface area contributed by atoms with Crippen molar-refractivity contribution in [1.29, 1.82) is 0 Å². The Morgan fingerprint density at radius 2 is 1.92 bits per heavy atom. The fourth-order valence-electron chi connectivity index (χ4n) is 4.53. The molecule has 3 aromatic rings. The summed E-state index contributed by atoms with van der Waals surface area (Å²) in [4.78, 5) is 25.2. The van der Waals surface area contributed by atoms with E-state index < -0.39 is 35.2 Å². The Hall–Kier alpha value is -3.60. The van der Waals surface area contributed by atoms with Gasteiger partial charge in [-0.25, -0.2) is 9.18 Å². The number of anilines is 1. The largest absolute Gasteiger partial charge is 0.573 e. The molecule has 1 aromatic heterocycles. The molecule has 12 heteroatoms. The van der Waals surface area contributed by atoms with Crippen molar-refractivity contribution in [2.75, 3.05) is 5.32 Å². The Bertz CT molecular complexity index is 1400. The zero-order chi connectivity index (χ0) is 26.5. The fraction of sp³-hybridized carbons (Fsp3) is 0.320. The first kappa shape index (κ1) is 25.1. The number of benzene rings is 2. The van der Waals surface area contributed by atoms with Crippen molar-refractivity contribution in [2.24, 2.45) is 0 Å². The van der Waals surface area contributed by atoms with Gasteiger partial charge in [0.05, 0.1) is 28.2 Å². The van der Waals surface area contributed by atoms with Crippen molar-refractivity contribution in [3.63, 3.8) is 0 Å². The molecular weight excluding hydrogens is 518 g/mol. The number of carbonyl (C=O) groups is 2. The van der Waals surface area contributed by atoms with Gasteiger partial charge in [-0.15, -0.1) is 13.2 Å². The van der Waals surface area contributed by atoms with Gasteiger partial charge in [0.25, 0.3) is 0 Å². The van der Waals surface area contributed by atoms with Crippen LogP contribution >= 0.6 is 11.6 Å². The van der Waals surface area contributed by atoms with E-state index in [1.54, 1.807) is 17.1 Å². The SMILES string of the molecule is O=C(O)c1cc(NC(=O)C2(c3ccc(OC(F)(F)F)cc3F)CC2)cc(Cl)c1-c1cnn(C2CCC2)c1. The molecule has 0 bridgehead atoms. The third-order valence-electron chi connectivity index (χ3n) is 6.79. The van der Waals surface area contributed by atoms with E-state index >= 15 is 0 Å². The lowest BCUT2D eigenvalue weighted by Gasteiger charge is -2.25. The van der Waals surface area contributed by atoms with Gasteiger partial charge in [0.1, 0.15) is 11.6 Å². The molecule has 5 rings (SSSR count). The topological polar surface area (TPSA) is 93.5 Å². The Morgan fingerprint density at radius 1 is 1.19 bits per heavy atom. The van der Waals surface area contributed by atoms with E-state index in [1.165, 1.54) is 12.1 Å². The van der Waals surface area contributed by atoms with E-state index in [2.05, 4.69) is 15.2 Å². The highest BCUT2D eigenvalue weighted by Crippen LogP contribution is 2.50. The number of aromatic carboxylic acids is 1. The summed E-state index contributed by atoms with van der Waals surface area (Å²) < 4.78 is 57.5. The minimum absolute atomic E-state index is 0.0769. The second-order valence-electron chi connectivity index (χ2n) is 9.21. The summed E-state index contributed by atoms with van der Waals surface area (Å²) in [6, 6.07) is 5.53. The molecule has 2 aromatic carbocycles. The van der Waals surface area contributed by atoms with Gasteiger partial charge >= 0.3 is 12.3 Å². The Balaban J connectivity index is 1.40. The maximum absolute atomic E-state index is 14.7. The van der Waals surface area contributed by atoms with E-state index in [4.69, 9.17) is 11.6 Å². The van der Waals surface area contributed by atoms with Crippen LogP contribution in [-0.4, -0.2) is 33.1 Å². The lowest BCUT2D eigenvalue weighted by molar-refractivity contribution is -0.274. The number of halogens is 5. The second-order valence-corrected chi connectivity index (χ2v) is 9.61. The molecule has 0 aliphatic heterocycles. The zero-order valence-electron chi connectivity index (χ0n) is 19.1. The van der Waals surface area contributed by atoms with Crippen LogP contribution in [0, 0.1) is 5.82 Å². The minimum atomic E-state index is -4.98. The Morgan fingerprint density at radius 3 is 2.49 bits per heavy atom. The van der Waals surface area contributed by atoms with Gasteiger partial charge in [-0.1, -0.05) is 17.7 Å². The molecule has 0 spiro atoms. The molecule has 1 amide bonds. The van der Waals surface area contributed by atoms with Gasteiger partial charge in [0, 0.05) is 34.6 Å². The standard InChI is InChI=1S/C25H20ClF4N3O4/c26-19-9-14(8-17(22(34)35)21(19)13-11-31-33(12-13)15-2-1-3-15)32-23(36)24(6-7-24)18-5-4-16(10-20(18)27)37-25(28,29)30/h4-5,8-12,15H,1-3,6-7H2,(H,32,36)(H,34,35). The molecule has 194 valence electrons. The number of nitrogens with one attached hydrogen (secondary N) is 1. The highest BCUT2D eigenvalue weighted by Gasteiger charge is 2.53. The average molecular weight is 538 g/mol. The lowest BCUT2D eigenvalue weighted by atomic mass is 9.93. The van der Waals surface area contributed by atoms with Crippen molar-refractivity contribution in [3.8, 4) is 16.9 Å². The first-order valence-corrected chi connectivity index (χ1v) is 11.8. The summed E-state index contributed by atoms with van der Waals surface area (Å²) >= 11 is 6.46. The van der Waals surface area contributed by atoms with Crippen LogP contribution in [0.5, 0.6) is 5.75 Å². The van der Waals surface area contributed by atoms with E-state index in [1.807, 2.05) is 0 Å². The van der Waals surface area contributed by atoms with E-state index in [0.717, 1.165) is 31.4 Å². The number of carboxylic acids is 1. The van der Waals surface area contributed by atoms with Crippen LogP contribution in [0.3, 0.4) is 0 Å². The molecular formula is C25H20ClF4N3O4. The maximum Gasteiger partial charge on any atom is 0.573 e. The van der Waals surface area contributed by atoms with Gasteiger partial charge in [-0.2, -0.15) is 5.10 Å². The molecule has 2 aliphatic carbocycles. The van der Waals surface area contributed by atoms with Gasteiger partial charge in [-0.3, -0.25) is 9.48 Å². The van der Waals surface area contributed by atoms with E-state index in [-0.39, 0.29) is 46.3 Å². The van der Waals surface area contributed by atoms with Crippen molar-refractivity contribution in [2.45, 2.75) is 49.9 Å². The second kappa shape index (κ2) is 9.05. The van der Waals surface area contributed by atoms with Crippen molar-refractivity contribution in [3.05, 3.63) is 64.7 Å². The van der Waals surface area contributed by atoms with Crippen LogP contribution in [-0.2, 0) is 10.2 Å². The number of amides is 1. The minimum Gasteiger partial charge on any atom is -0.478 e. The third-order valence-corrected chi connectivity index (χ3v) is 7.09. The zero-order valence-corrected chi connectivity index (χ0v) is 19.9. The van der Waals surface area contributed by atoms with Crippen molar-refractivity contribution in [1.82, 2.24) is 9.78 Å². The van der Waals surface area contributed by atoms with Gasteiger partial charge in [0.15, 0.2) is 0 Å². The summed E-state index contributed by atoms with van der Waals surface area (Å²) in [5, 5.41) is 16.8. The predicted octanol–water partition coefficient (Wildman–Crippen LogP) is 6.33. The normalized spacial score (nSPS) is 16.7. The molecule has 0 atom stereocenters. The van der Waals surface area contributed by atoms with Crippen LogP contribution in [0.4, 0.5) is 23.2 Å². The number of aromatic nitrogens is 2.